The van der Waals surface area contributed by atoms with E-state index < -0.39 is 0 Å². The molecule has 2 rings (SSSR count). The number of anilines is 1. The number of rotatable bonds is 8. The standard InChI is InChI=1S/C16H24N2O2/c1-13(14-8-9-14)18(10-11-20-2)16(19)12-17-15-6-4-3-5-7-15/h3-7,13-14,17H,8-12H2,1-2H3. The summed E-state index contributed by atoms with van der Waals surface area (Å²) in [6.45, 7) is 3.75. The van der Waals surface area contributed by atoms with E-state index in [-0.39, 0.29) is 5.91 Å². The molecule has 1 aromatic rings. The number of nitrogens with one attached hydrogen (secondary N) is 1. The second-order valence-corrected chi connectivity index (χ2v) is 5.38. The lowest BCUT2D eigenvalue weighted by Gasteiger charge is -2.29. The summed E-state index contributed by atoms with van der Waals surface area (Å²) >= 11 is 0. The summed E-state index contributed by atoms with van der Waals surface area (Å²) in [5, 5.41) is 3.18. The van der Waals surface area contributed by atoms with Gasteiger partial charge < -0.3 is 15.0 Å². The minimum atomic E-state index is 0.144. The molecule has 4 heteroatoms. The van der Waals surface area contributed by atoms with Gasteiger partial charge in [-0.3, -0.25) is 4.79 Å². The number of nitrogens with zero attached hydrogens (tertiary/aromatic N) is 1. The van der Waals surface area contributed by atoms with Gasteiger partial charge in [-0.15, -0.1) is 0 Å². The Morgan fingerprint density at radius 2 is 2.10 bits per heavy atom. The van der Waals surface area contributed by atoms with Crippen LogP contribution in [0.4, 0.5) is 5.69 Å². The van der Waals surface area contributed by atoms with Gasteiger partial charge in [-0.25, -0.2) is 0 Å². The Labute approximate surface area is 121 Å². The zero-order chi connectivity index (χ0) is 14.4. The number of carbonyl (C=O) groups is 1. The quantitative estimate of drug-likeness (QED) is 0.792. The van der Waals surface area contributed by atoms with Crippen LogP contribution in [0.25, 0.3) is 0 Å². The molecule has 1 aromatic carbocycles. The first kappa shape index (κ1) is 14.9. The van der Waals surface area contributed by atoms with Crippen molar-refractivity contribution in [2.24, 2.45) is 5.92 Å². The maximum absolute atomic E-state index is 12.4. The molecule has 1 fully saturated rings. The van der Waals surface area contributed by atoms with Crippen molar-refractivity contribution in [1.29, 1.82) is 0 Å². The van der Waals surface area contributed by atoms with Crippen molar-refractivity contribution in [3.05, 3.63) is 30.3 Å². The lowest BCUT2D eigenvalue weighted by molar-refractivity contribution is -0.132. The van der Waals surface area contributed by atoms with E-state index in [1.54, 1.807) is 7.11 Å². The highest BCUT2D eigenvalue weighted by atomic mass is 16.5. The van der Waals surface area contributed by atoms with Crippen LogP contribution in [0.15, 0.2) is 30.3 Å². The Bertz CT molecular complexity index is 418. The fourth-order valence-corrected chi connectivity index (χ4v) is 2.41. The third kappa shape index (κ3) is 4.23. The Kier molecular flexibility index (Phi) is 5.41. The average Bonchev–Trinajstić information content (AvgIpc) is 3.31. The van der Waals surface area contributed by atoms with Gasteiger partial charge in [0.2, 0.25) is 5.91 Å². The summed E-state index contributed by atoms with van der Waals surface area (Å²) in [4.78, 5) is 14.4. The summed E-state index contributed by atoms with van der Waals surface area (Å²) in [5.74, 6) is 0.817. The predicted octanol–water partition coefficient (Wildman–Crippen LogP) is 2.37. The molecule has 0 spiro atoms. The molecule has 0 saturated heterocycles. The molecule has 1 saturated carbocycles. The van der Waals surface area contributed by atoms with E-state index in [2.05, 4.69) is 12.2 Å². The zero-order valence-corrected chi connectivity index (χ0v) is 12.3. The number of ether oxygens (including phenoxy) is 1. The smallest absolute Gasteiger partial charge is 0.242 e. The van der Waals surface area contributed by atoms with Gasteiger partial charge in [0.15, 0.2) is 0 Å². The molecule has 0 radical (unpaired) electrons. The van der Waals surface area contributed by atoms with Crippen molar-refractivity contribution in [3.63, 3.8) is 0 Å². The highest BCUT2D eigenvalue weighted by Gasteiger charge is 2.33. The van der Waals surface area contributed by atoms with Gasteiger partial charge in [-0.2, -0.15) is 0 Å². The topological polar surface area (TPSA) is 41.6 Å². The summed E-state index contributed by atoms with van der Waals surface area (Å²) < 4.78 is 5.12. The molecule has 1 unspecified atom stereocenters. The lowest BCUT2D eigenvalue weighted by atomic mass is 10.2. The van der Waals surface area contributed by atoms with Gasteiger partial charge in [-0.1, -0.05) is 18.2 Å². The molecule has 1 N–H and O–H groups in total. The average molecular weight is 276 g/mol. The zero-order valence-electron chi connectivity index (χ0n) is 12.3. The Morgan fingerprint density at radius 3 is 2.70 bits per heavy atom. The highest BCUT2D eigenvalue weighted by molar-refractivity contribution is 5.81. The van der Waals surface area contributed by atoms with Crippen molar-refractivity contribution < 1.29 is 9.53 Å². The van der Waals surface area contributed by atoms with Crippen molar-refractivity contribution in [2.45, 2.75) is 25.8 Å². The van der Waals surface area contributed by atoms with E-state index in [1.165, 1.54) is 12.8 Å². The van der Waals surface area contributed by atoms with Crippen LogP contribution >= 0.6 is 0 Å². The number of hydrogen-bond donors (Lipinski definition) is 1. The van der Waals surface area contributed by atoms with Crippen LogP contribution in [-0.2, 0) is 9.53 Å². The number of hydrogen-bond acceptors (Lipinski definition) is 3. The van der Waals surface area contributed by atoms with Crippen LogP contribution in [0.3, 0.4) is 0 Å². The lowest BCUT2D eigenvalue weighted by Crippen LogP contribution is -2.44. The van der Waals surface area contributed by atoms with Gasteiger partial charge in [0.1, 0.15) is 0 Å². The molecule has 0 aromatic heterocycles. The van der Waals surface area contributed by atoms with E-state index >= 15 is 0 Å². The molecule has 4 nitrogen and oxygen atoms in total. The van der Waals surface area contributed by atoms with Crippen LogP contribution in [0.2, 0.25) is 0 Å². The number of methoxy groups -OCH3 is 1. The van der Waals surface area contributed by atoms with E-state index in [4.69, 9.17) is 4.74 Å². The SMILES string of the molecule is COCCN(C(=O)CNc1ccccc1)C(C)C1CC1. The summed E-state index contributed by atoms with van der Waals surface area (Å²) in [5.41, 5.74) is 0.978. The molecular formula is C16H24N2O2. The summed E-state index contributed by atoms with van der Waals surface area (Å²) in [6, 6.07) is 10.1. The van der Waals surface area contributed by atoms with Gasteiger partial charge in [-0.05, 0) is 37.8 Å². The van der Waals surface area contributed by atoms with Crippen molar-refractivity contribution >= 4 is 11.6 Å². The third-order valence-electron chi connectivity index (χ3n) is 3.87. The molecule has 1 aliphatic carbocycles. The van der Waals surface area contributed by atoms with Crippen LogP contribution in [0.1, 0.15) is 19.8 Å². The fraction of sp³-hybridized carbons (Fsp3) is 0.562. The van der Waals surface area contributed by atoms with Crippen LogP contribution in [-0.4, -0.2) is 43.7 Å². The normalized spacial score (nSPS) is 15.7. The predicted molar refractivity (Wildman–Crippen MR) is 80.7 cm³/mol. The van der Waals surface area contributed by atoms with E-state index in [0.717, 1.165) is 5.69 Å². The highest BCUT2D eigenvalue weighted by Crippen LogP contribution is 2.35. The Hall–Kier alpha value is -1.55. The Morgan fingerprint density at radius 1 is 1.40 bits per heavy atom. The molecule has 1 amide bonds. The number of amides is 1. The maximum Gasteiger partial charge on any atom is 0.242 e. The van der Waals surface area contributed by atoms with Crippen molar-refractivity contribution in [1.82, 2.24) is 4.90 Å². The van der Waals surface area contributed by atoms with Gasteiger partial charge >= 0.3 is 0 Å². The molecule has 1 atom stereocenters. The monoisotopic (exact) mass is 276 g/mol. The third-order valence-corrected chi connectivity index (χ3v) is 3.87. The molecule has 0 heterocycles. The summed E-state index contributed by atoms with van der Waals surface area (Å²) in [6.07, 6.45) is 2.48. The van der Waals surface area contributed by atoms with Crippen LogP contribution < -0.4 is 5.32 Å². The first-order valence-electron chi connectivity index (χ1n) is 7.29. The fourth-order valence-electron chi connectivity index (χ4n) is 2.41. The minimum Gasteiger partial charge on any atom is -0.383 e. The Balaban J connectivity index is 1.88. The first-order chi connectivity index (χ1) is 9.72. The number of para-hydroxylation sites is 1. The number of carbonyl (C=O) groups excluding carboxylic acids is 1. The van der Waals surface area contributed by atoms with Gasteiger partial charge in [0.25, 0.3) is 0 Å². The summed E-state index contributed by atoms with van der Waals surface area (Å²) in [7, 11) is 1.67. The largest absolute Gasteiger partial charge is 0.383 e. The van der Waals surface area contributed by atoms with Crippen LogP contribution in [0.5, 0.6) is 0 Å². The minimum absolute atomic E-state index is 0.144. The molecule has 0 bridgehead atoms. The van der Waals surface area contributed by atoms with Gasteiger partial charge in [0.05, 0.1) is 13.2 Å². The van der Waals surface area contributed by atoms with Crippen LogP contribution in [0, 0.1) is 5.92 Å². The second-order valence-electron chi connectivity index (χ2n) is 5.38. The van der Waals surface area contributed by atoms with E-state index in [9.17, 15) is 4.79 Å². The maximum atomic E-state index is 12.4. The van der Waals surface area contributed by atoms with Crippen molar-refractivity contribution in [3.8, 4) is 0 Å². The molecule has 0 aliphatic heterocycles. The van der Waals surface area contributed by atoms with E-state index in [0.29, 0.717) is 31.7 Å². The van der Waals surface area contributed by atoms with E-state index in [1.807, 2.05) is 35.2 Å². The molecule has 110 valence electrons. The molecule has 1 aliphatic rings. The van der Waals surface area contributed by atoms with Gasteiger partial charge in [0, 0.05) is 25.4 Å². The molecule has 20 heavy (non-hydrogen) atoms. The number of benzene rings is 1. The second kappa shape index (κ2) is 7.29. The van der Waals surface area contributed by atoms with Crippen molar-refractivity contribution in [2.75, 3.05) is 32.1 Å². The molecular weight excluding hydrogens is 252 g/mol. The first-order valence-corrected chi connectivity index (χ1v) is 7.29.